The fourth-order valence-corrected chi connectivity index (χ4v) is 2.98. The predicted molar refractivity (Wildman–Crippen MR) is 88.7 cm³/mol. The number of hydrogen-bond donors (Lipinski definition) is 1. The van der Waals surface area contributed by atoms with Gasteiger partial charge in [-0.25, -0.2) is 13.2 Å². The molecule has 0 saturated heterocycles. The van der Waals surface area contributed by atoms with E-state index in [0.717, 1.165) is 0 Å². The van der Waals surface area contributed by atoms with Gasteiger partial charge < -0.3 is 10.1 Å². The molecule has 140 valence electrons. The first-order valence-electron chi connectivity index (χ1n) is 8.43. The van der Waals surface area contributed by atoms with Crippen LogP contribution >= 0.6 is 0 Å². The monoisotopic (exact) mass is 367 g/mol. The lowest BCUT2D eigenvalue weighted by Crippen LogP contribution is -2.33. The van der Waals surface area contributed by atoms with Gasteiger partial charge in [-0.1, -0.05) is 13.8 Å². The fourth-order valence-electron chi connectivity index (χ4n) is 2.98. The first kappa shape index (κ1) is 18.3. The van der Waals surface area contributed by atoms with E-state index in [-0.39, 0.29) is 11.6 Å². The van der Waals surface area contributed by atoms with Crippen LogP contribution in [0.15, 0.2) is 24.4 Å². The Morgan fingerprint density at radius 1 is 1.42 bits per heavy atom. The number of alkyl halides is 2. The predicted octanol–water partition coefficient (Wildman–Crippen LogP) is 3.87. The topological polar surface area (TPSA) is 56.2 Å². The summed E-state index contributed by atoms with van der Waals surface area (Å²) in [5.74, 6) is -0.489. The molecule has 0 bridgehead atoms. The fraction of sp³-hybridized carbons (Fsp3) is 0.444. The third-order valence-corrected chi connectivity index (χ3v) is 4.11. The van der Waals surface area contributed by atoms with Gasteiger partial charge in [0.25, 0.3) is 12.3 Å². The summed E-state index contributed by atoms with van der Waals surface area (Å²) >= 11 is 0. The highest BCUT2D eigenvalue weighted by Crippen LogP contribution is 2.33. The minimum absolute atomic E-state index is 0.196. The van der Waals surface area contributed by atoms with E-state index in [2.05, 4.69) is 10.4 Å². The summed E-state index contributed by atoms with van der Waals surface area (Å²) in [4.78, 5) is 12.6. The van der Waals surface area contributed by atoms with Gasteiger partial charge in [0.05, 0.1) is 18.2 Å². The van der Waals surface area contributed by atoms with Crippen LogP contribution in [-0.2, 0) is 6.54 Å². The quantitative estimate of drug-likeness (QED) is 0.873. The zero-order chi connectivity index (χ0) is 18.8. The molecule has 1 aromatic heterocycles. The molecule has 1 aliphatic heterocycles. The molecule has 2 heterocycles. The number of halogens is 3. The van der Waals surface area contributed by atoms with Gasteiger partial charge in [0.15, 0.2) is 5.69 Å². The maximum Gasteiger partial charge on any atom is 0.272 e. The number of fused-ring (bicyclic) bond motifs is 1. The molecule has 0 fully saturated rings. The molecular weight excluding hydrogens is 347 g/mol. The number of nitrogens with zero attached hydrogens (tertiary/aromatic N) is 2. The maximum absolute atomic E-state index is 13.5. The number of rotatable bonds is 5. The van der Waals surface area contributed by atoms with E-state index in [9.17, 15) is 18.0 Å². The number of hydrogen-bond acceptors (Lipinski definition) is 3. The molecule has 1 N–H and O–H groups in total. The molecule has 26 heavy (non-hydrogen) atoms. The zero-order valence-corrected chi connectivity index (χ0v) is 14.5. The minimum atomic E-state index is -2.81. The van der Waals surface area contributed by atoms with Crippen LogP contribution in [0, 0.1) is 11.7 Å². The maximum atomic E-state index is 13.5. The number of ether oxygens (including phenoxy) is 1. The molecule has 5 nitrogen and oxygen atoms in total. The molecular formula is C18H20F3N3O2. The Hall–Kier alpha value is -2.51. The van der Waals surface area contributed by atoms with Crippen LogP contribution in [-0.4, -0.2) is 22.3 Å². The van der Waals surface area contributed by atoms with E-state index in [1.54, 1.807) is 0 Å². The average molecular weight is 367 g/mol. The summed E-state index contributed by atoms with van der Waals surface area (Å²) in [6.45, 7) is 4.62. The molecule has 1 atom stereocenters. The van der Waals surface area contributed by atoms with Crippen molar-refractivity contribution in [3.05, 3.63) is 47.0 Å². The van der Waals surface area contributed by atoms with E-state index < -0.39 is 29.8 Å². The van der Waals surface area contributed by atoms with Crippen molar-refractivity contribution in [3.63, 3.8) is 0 Å². The number of aromatic nitrogens is 2. The second-order valence-electron chi connectivity index (χ2n) is 6.69. The summed E-state index contributed by atoms with van der Waals surface area (Å²) in [7, 11) is 0. The molecule has 1 amide bonds. The number of nitrogens with one attached hydrogen (secondary N) is 1. The lowest BCUT2D eigenvalue weighted by molar-refractivity contribution is 0.0905. The zero-order valence-electron chi connectivity index (χ0n) is 14.5. The van der Waals surface area contributed by atoms with E-state index in [1.807, 2.05) is 13.8 Å². The van der Waals surface area contributed by atoms with Crippen LogP contribution in [0.3, 0.4) is 0 Å². The summed E-state index contributed by atoms with van der Waals surface area (Å²) in [5.41, 5.74) is -0.218. The third kappa shape index (κ3) is 3.84. The molecule has 2 aromatic rings. The minimum Gasteiger partial charge on any atom is -0.493 e. The molecule has 8 heteroatoms. The van der Waals surface area contributed by atoms with Crippen molar-refractivity contribution in [2.75, 3.05) is 6.61 Å². The van der Waals surface area contributed by atoms with Gasteiger partial charge in [0, 0.05) is 24.7 Å². The molecule has 0 radical (unpaired) electrons. The SMILES string of the molecule is CC(C)Cn1cc(C(F)F)c(C(=O)NC2CCOc3ccc(F)cc32)n1. The highest BCUT2D eigenvalue weighted by atomic mass is 19.3. The summed E-state index contributed by atoms with van der Waals surface area (Å²) in [6, 6.07) is 3.52. The number of benzene rings is 1. The summed E-state index contributed by atoms with van der Waals surface area (Å²) < 4.78 is 47.0. The Morgan fingerprint density at radius 3 is 2.88 bits per heavy atom. The van der Waals surface area contributed by atoms with Gasteiger partial charge in [-0.05, 0) is 24.1 Å². The standard InChI is InChI=1S/C18H20F3N3O2/c1-10(2)8-24-9-13(17(20)21)16(23-24)18(25)22-14-5-6-26-15-4-3-11(19)7-12(14)15/h3-4,7,9-10,14,17H,5-6,8H2,1-2H3,(H,22,25). The highest BCUT2D eigenvalue weighted by Gasteiger charge is 2.28. The van der Waals surface area contributed by atoms with Crippen LogP contribution in [0.2, 0.25) is 0 Å². The van der Waals surface area contributed by atoms with Crippen LogP contribution in [0.25, 0.3) is 0 Å². The van der Waals surface area contributed by atoms with Gasteiger partial charge in [-0.2, -0.15) is 5.10 Å². The summed E-state index contributed by atoms with van der Waals surface area (Å²) in [5, 5.41) is 6.72. The van der Waals surface area contributed by atoms with Crippen molar-refractivity contribution in [2.24, 2.45) is 5.92 Å². The van der Waals surface area contributed by atoms with E-state index in [1.165, 1.54) is 29.1 Å². The van der Waals surface area contributed by atoms with Gasteiger partial charge >= 0.3 is 0 Å². The van der Waals surface area contributed by atoms with Crippen LogP contribution in [0.5, 0.6) is 5.75 Å². The van der Waals surface area contributed by atoms with Crippen molar-refractivity contribution in [1.82, 2.24) is 15.1 Å². The van der Waals surface area contributed by atoms with Gasteiger partial charge in [0.1, 0.15) is 11.6 Å². The van der Waals surface area contributed by atoms with E-state index >= 15 is 0 Å². The Balaban J connectivity index is 1.85. The van der Waals surface area contributed by atoms with Gasteiger partial charge in [-0.15, -0.1) is 0 Å². The first-order valence-corrected chi connectivity index (χ1v) is 8.43. The van der Waals surface area contributed by atoms with Crippen LogP contribution < -0.4 is 10.1 Å². The molecule has 0 spiro atoms. The van der Waals surface area contributed by atoms with Crippen molar-refractivity contribution in [3.8, 4) is 5.75 Å². The Morgan fingerprint density at radius 2 is 2.19 bits per heavy atom. The second-order valence-corrected chi connectivity index (χ2v) is 6.69. The number of carbonyl (C=O) groups is 1. The molecule has 0 saturated carbocycles. The number of amides is 1. The third-order valence-electron chi connectivity index (χ3n) is 4.11. The smallest absolute Gasteiger partial charge is 0.272 e. The Kier molecular flexibility index (Phi) is 5.20. The lowest BCUT2D eigenvalue weighted by Gasteiger charge is -2.26. The molecule has 0 aliphatic carbocycles. The normalized spacial score (nSPS) is 16.5. The van der Waals surface area contributed by atoms with Crippen LogP contribution in [0.1, 0.15) is 54.4 Å². The van der Waals surface area contributed by atoms with E-state index in [0.29, 0.717) is 30.9 Å². The van der Waals surface area contributed by atoms with Gasteiger partial charge in [0.2, 0.25) is 0 Å². The van der Waals surface area contributed by atoms with Gasteiger partial charge in [-0.3, -0.25) is 9.48 Å². The van der Waals surface area contributed by atoms with Crippen molar-refractivity contribution >= 4 is 5.91 Å². The average Bonchev–Trinajstić information content (AvgIpc) is 2.99. The van der Waals surface area contributed by atoms with E-state index in [4.69, 9.17) is 4.74 Å². The lowest BCUT2D eigenvalue weighted by atomic mass is 10.00. The largest absolute Gasteiger partial charge is 0.493 e. The molecule has 1 unspecified atom stereocenters. The Labute approximate surface area is 149 Å². The first-order chi connectivity index (χ1) is 12.3. The molecule has 1 aliphatic rings. The molecule has 3 rings (SSSR count). The number of carbonyl (C=O) groups excluding carboxylic acids is 1. The highest BCUT2D eigenvalue weighted by molar-refractivity contribution is 5.94. The Bertz CT molecular complexity index is 805. The summed E-state index contributed by atoms with van der Waals surface area (Å²) in [6.07, 6.45) is -1.19. The van der Waals surface area contributed by atoms with Crippen molar-refractivity contribution < 1.29 is 22.7 Å². The second kappa shape index (κ2) is 7.39. The molecule has 1 aromatic carbocycles. The van der Waals surface area contributed by atoms with Crippen molar-refractivity contribution in [2.45, 2.75) is 39.3 Å². The van der Waals surface area contributed by atoms with Crippen LogP contribution in [0.4, 0.5) is 13.2 Å². The van der Waals surface area contributed by atoms with Crippen molar-refractivity contribution in [1.29, 1.82) is 0 Å².